The first-order chi connectivity index (χ1) is 21.7. The van der Waals surface area contributed by atoms with Crippen LogP contribution in [-0.4, -0.2) is 74.5 Å². The number of nitrogens with one attached hydrogen (secondary N) is 3. The third-order valence-corrected chi connectivity index (χ3v) is 8.18. The molecule has 0 bridgehead atoms. The van der Waals surface area contributed by atoms with E-state index >= 15 is 0 Å². The number of likely N-dealkylation sites (tertiary alicyclic amines) is 1. The van der Waals surface area contributed by atoms with Gasteiger partial charge >= 0.3 is 5.97 Å². The van der Waals surface area contributed by atoms with E-state index < -0.39 is 47.9 Å². The van der Waals surface area contributed by atoms with E-state index in [4.69, 9.17) is 5.73 Å². The van der Waals surface area contributed by atoms with Gasteiger partial charge in [-0.2, -0.15) is 0 Å². The second kappa shape index (κ2) is 14.1. The number of carbonyl (C=O) groups excluding carboxylic acids is 3. The molecule has 11 nitrogen and oxygen atoms in total. The highest BCUT2D eigenvalue weighted by molar-refractivity contribution is 5.95. The Hall–Kier alpha value is -5.16. The number of rotatable bonds is 12. The van der Waals surface area contributed by atoms with Gasteiger partial charge in [-0.3, -0.25) is 14.4 Å². The van der Waals surface area contributed by atoms with E-state index in [9.17, 15) is 29.4 Å². The van der Waals surface area contributed by atoms with Crippen molar-refractivity contribution in [1.82, 2.24) is 20.5 Å². The zero-order chi connectivity index (χ0) is 31.9. The van der Waals surface area contributed by atoms with Crippen molar-refractivity contribution in [2.45, 2.75) is 56.3 Å². The van der Waals surface area contributed by atoms with Crippen molar-refractivity contribution in [2.24, 2.45) is 5.73 Å². The second-order valence-electron chi connectivity index (χ2n) is 11.4. The van der Waals surface area contributed by atoms with Crippen LogP contribution in [0, 0.1) is 0 Å². The second-order valence-corrected chi connectivity index (χ2v) is 11.4. The minimum absolute atomic E-state index is 0.0930. The van der Waals surface area contributed by atoms with Gasteiger partial charge in [-0.15, -0.1) is 0 Å². The highest BCUT2D eigenvalue weighted by Crippen LogP contribution is 2.22. The van der Waals surface area contributed by atoms with Crippen LogP contribution in [0.1, 0.15) is 29.5 Å². The number of fused-ring (bicyclic) bond motifs is 1. The number of carbonyl (C=O) groups is 4. The summed E-state index contributed by atoms with van der Waals surface area (Å²) >= 11 is 0. The van der Waals surface area contributed by atoms with Gasteiger partial charge in [0.15, 0.2) is 0 Å². The average Bonchev–Trinajstić information content (AvgIpc) is 3.70. The van der Waals surface area contributed by atoms with Crippen molar-refractivity contribution in [3.63, 3.8) is 0 Å². The number of H-pyrrole nitrogens is 1. The Morgan fingerprint density at radius 1 is 0.844 bits per heavy atom. The SMILES string of the molecule is NC(Cc1ccc(O)cc1)C(=O)NC(Cc1c[nH]c2ccccc12)C(=O)NC(Cc1ccccc1)C(=O)N1CCCC1C(=O)O. The molecule has 1 aliphatic heterocycles. The Balaban J connectivity index is 1.40. The number of hydrogen-bond acceptors (Lipinski definition) is 6. The Morgan fingerprint density at radius 3 is 2.24 bits per heavy atom. The minimum Gasteiger partial charge on any atom is -0.508 e. The van der Waals surface area contributed by atoms with Gasteiger partial charge in [0.2, 0.25) is 17.7 Å². The van der Waals surface area contributed by atoms with Crippen LogP contribution in [0.15, 0.2) is 85.1 Å². The average molecular weight is 612 g/mol. The number of aromatic nitrogens is 1. The monoisotopic (exact) mass is 611 g/mol. The molecular formula is C34H37N5O6. The number of phenolic OH excluding ortho intramolecular Hbond substituents is 1. The number of para-hydroxylation sites is 1. The molecule has 0 aliphatic carbocycles. The fourth-order valence-electron chi connectivity index (χ4n) is 5.80. The van der Waals surface area contributed by atoms with Gasteiger partial charge < -0.3 is 36.5 Å². The number of amides is 3. The molecule has 4 atom stereocenters. The van der Waals surface area contributed by atoms with Crippen LogP contribution >= 0.6 is 0 Å². The van der Waals surface area contributed by atoms with Gasteiger partial charge in [-0.25, -0.2) is 4.79 Å². The number of nitrogens with two attached hydrogens (primary N) is 1. The van der Waals surface area contributed by atoms with Crippen LogP contribution in [0.2, 0.25) is 0 Å². The standard InChI is InChI=1S/C34H37N5O6/c35-26(17-22-12-14-24(40)15-13-22)31(41)37-28(19-23-20-36-27-10-5-4-9-25(23)27)32(42)38-29(18-21-7-2-1-3-8-21)33(43)39-16-6-11-30(39)34(44)45/h1-5,7-10,12-15,20,26,28-30,36,40H,6,11,16-19,35H2,(H,37,41)(H,38,42)(H,44,45). The van der Waals surface area contributed by atoms with E-state index in [1.54, 1.807) is 18.3 Å². The van der Waals surface area contributed by atoms with Crippen molar-refractivity contribution < 1.29 is 29.4 Å². The first-order valence-corrected chi connectivity index (χ1v) is 15.0. The summed E-state index contributed by atoms with van der Waals surface area (Å²) in [5, 5.41) is 25.8. The smallest absolute Gasteiger partial charge is 0.326 e. The van der Waals surface area contributed by atoms with E-state index in [0.717, 1.165) is 27.6 Å². The lowest BCUT2D eigenvalue weighted by molar-refractivity contribution is -0.149. The molecule has 0 spiro atoms. The first kappa shape index (κ1) is 31.3. The molecule has 4 unspecified atom stereocenters. The molecule has 4 aromatic rings. The van der Waals surface area contributed by atoms with Gasteiger partial charge in [0.05, 0.1) is 6.04 Å². The van der Waals surface area contributed by atoms with Crippen molar-refractivity contribution in [3.8, 4) is 5.75 Å². The molecular weight excluding hydrogens is 574 g/mol. The predicted molar refractivity (Wildman–Crippen MR) is 168 cm³/mol. The number of phenols is 1. The number of aliphatic carboxylic acids is 1. The number of carboxylic acids is 1. The number of carboxylic acid groups (broad SMARTS) is 1. The Bertz CT molecular complexity index is 1650. The molecule has 1 fully saturated rings. The first-order valence-electron chi connectivity index (χ1n) is 15.0. The van der Waals surface area contributed by atoms with Gasteiger partial charge in [-0.05, 0) is 54.2 Å². The minimum atomic E-state index is -1.09. The van der Waals surface area contributed by atoms with E-state index in [1.165, 1.54) is 17.0 Å². The third kappa shape index (κ3) is 7.68. The van der Waals surface area contributed by atoms with Crippen molar-refractivity contribution in [2.75, 3.05) is 6.54 Å². The molecule has 1 aromatic heterocycles. The van der Waals surface area contributed by atoms with Crippen LogP contribution in [0.5, 0.6) is 5.75 Å². The summed E-state index contributed by atoms with van der Waals surface area (Å²) in [6.45, 7) is 0.276. The fraction of sp³-hybridized carbons (Fsp3) is 0.294. The van der Waals surface area contributed by atoms with Crippen molar-refractivity contribution >= 4 is 34.6 Å². The summed E-state index contributed by atoms with van der Waals surface area (Å²) in [4.78, 5) is 57.5. The predicted octanol–water partition coefficient (Wildman–Crippen LogP) is 2.27. The molecule has 3 aromatic carbocycles. The van der Waals surface area contributed by atoms with Gasteiger partial charge in [-0.1, -0.05) is 60.7 Å². The molecule has 11 heteroatoms. The fourth-order valence-corrected chi connectivity index (χ4v) is 5.80. The summed E-state index contributed by atoms with van der Waals surface area (Å²) in [5.41, 5.74) is 9.43. The number of hydrogen-bond donors (Lipinski definition) is 6. The van der Waals surface area contributed by atoms with Crippen LogP contribution in [0.3, 0.4) is 0 Å². The topological polar surface area (TPSA) is 178 Å². The Morgan fingerprint density at radius 2 is 1.51 bits per heavy atom. The van der Waals surface area contributed by atoms with E-state index in [1.807, 2.05) is 54.6 Å². The largest absolute Gasteiger partial charge is 0.508 e. The summed E-state index contributed by atoms with van der Waals surface area (Å²) < 4.78 is 0. The summed E-state index contributed by atoms with van der Waals surface area (Å²) in [6.07, 6.45) is 3.09. The molecule has 7 N–H and O–H groups in total. The van der Waals surface area contributed by atoms with E-state index in [0.29, 0.717) is 12.8 Å². The third-order valence-electron chi connectivity index (χ3n) is 8.18. The summed E-state index contributed by atoms with van der Waals surface area (Å²) in [7, 11) is 0. The lowest BCUT2D eigenvalue weighted by Crippen LogP contribution is -2.58. The van der Waals surface area contributed by atoms with Gasteiger partial charge in [0, 0.05) is 36.5 Å². The Labute approximate surface area is 260 Å². The summed E-state index contributed by atoms with van der Waals surface area (Å²) in [6, 6.07) is 19.0. The van der Waals surface area contributed by atoms with E-state index in [-0.39, 0.29) is 31.6 Å². The maximum atomic E-state index is 14.0. The number of nitrogens with zero attached hydrogens (tertiary/aromatic N) is 1. The zero-order valence-corrected chi connectivity index (χ0v) is 24.7. The summed E-state index contributed by atoms with van der Waals surface area (Å²) in [5.74, 6) is -2.63. The molecule has 0 saturated carbocycles. The van der Waals surface area contributed by atoms with E-state index in [2.05, 4.69) is 15.6 Å². The maximum absolute atomic E-state index is 14.0. The molecule has 1 aliphatic rings. The molecule has 0 radical (unpaired) electrons. The highest BCUT2D eigenvalue weighted by Gasteiger charge is 2.38. The van der Waals surface area contributed by atoms with Gasteiger partial charge in [0.25, 0.3) is 0 Å². The van der Waals surface area contributed by atoms with Crippen LogP contribution in [0.25, 0.3) is 10.9 Å². The molecule has 234 valence electrons. The lowest BCUT2D eigenvalue weighted by atomic mass is 10.0. The molecule has 5 rings (SSSR count). The van der Waals surface area contributed by atoms with Crippen molar-refractivity contribution in [3.05, 3.63) is 102 Å². The normalized spacial score (nSPS) is 16.6. The number of benzene rings is 3. The lowest BCUT2D eigenvalue weighted by Gasteiger charge is -2.29. The molecule has 2 heterocycles. The zero-order valence-electron chi connectivity index (χ0n) is 24.7. The number of aromatic amines is 1. The van der Waals surface area contributed by atoms with Crippen LogP contribution in [0.4, 0.5) is 0 Å². The maximum Gasteiger partial charge on any atom is 0.326 e. The Kier molecular flexibility index (Phi) is 9.79. The number of aromatic hydroxyl groups is 1. The quantitative estimate of drug-likeness (QED) is 0.142. The molecule has 1 saturated heterocycles. The van der Waals surface area contributed by atoms with Crippen LogP contribution in [-0.2, 0) is 38.4 Å². The van der Waals surface area contributed by atoms with Crippen LogP contribution < -0.4 is 16.4 Å². The molecule has 3 amide bonds. The van der Waals surface area contributed by atoms with Crippen molar-refractivity contribution in [1.29, 1.82) is 0 Å². The van der Waals surface area contributed by atoms with Gasteiger partial charge in [0.1, 0.15) is 23.9 Å². The highest BCUT2D eigenvalue weighted by atomic mass is 16.4. The molecule has 45 heavy (non-hydrogen) atoms.